The summed E-state index contributed by atoms with van der Waals surface area (Å²) in [7, 11) is 0. The molecule has 0 spiro atoms. The first kappa shape index (κ1) is 24.5. The first-order chi connectivity index (χ1) is 18.0. The highest BCUT2D eigenvalue weighted by Gasteiger charge is 2.12. The number of thiophene rings is 1. The molecule has 0 fully saturated rings. The van der Waals surface area contributed by atoms with Gasteiger partial charge in [-0.25, -0.2) is 0 Å². The second-order valence-electron chi connectivity index (χ2n) is 9.25. The second-order valence-corrected chi connectivity index (χ2v) is 10.6. The molecule has 0 aliphatic rings. The van der Waals surface area contributed by atoms with Crippen molar-refractivity contribution in [2.75, 3.05) is 9.91 Å². The third-order valence-electron chi connectivity index (χ3n) is 6.24. The molecule has 4 heteroatoms. The van der Waals surface area contributed by atoms with E-state index in [1.807, 2.05) is 23.6 Å². The number of aryl methyl sites for hydroxylation is 3. The zero-order valence-electron chi connectivity index (χ0n) is 21.5. The Morgan fingerprint density at radius 2 is 1.14 bits per heavy atom. The fourth-order valence-electron chi connectivity index (χ4n) is 4.20. The Morgan fingerprint density at radius 1 is 0.595 bits per heavy atom. The molecule has 0 atom stereocenters. The first-order valence-corrected chi connectivity index (χ1v) is 13.3. The summed E-state index contributed by atoms with van der Waals surface area (Å²) in [6.07, 6.45) is 1.94. The van der Waals surface area contributed by atoms with E-state index in [4.69, 9.17) is 5.10 Å². The Bertz CT molecular complexity index is 1410. The van der Waals surface area contributed by atoms with Crippen LogP contribution in [0.3, 0.4) is 0 Å². The maximum Gasteiger partial charge on any atom is 0.0759 e. The largest absolute Gasteiger partial charge is 0.311 e. The lowest BCUT2D eigenvalue weighted by molar-refractivity contribution is 0.871. The summed E-state index contributed by atoms with van der Waals surface area (Å²) in [6.45, 7) is 7.12. The summed E-state index contributed by atoms with van der Waals surface area (Å²) >= 11 is 1.81. The molecule has 5 aromatic rings. The molecule has 0 radical (unpaired) electrons. The third kappa shape index (κ3) is 6.16. The van der Waals surface area contributed by atoms with Crippen LogP contribution in [0.4, 0.5) is 22.7 Å². The predicted octanol–water partition coefficient (Wildman–Crippen LogP) is 9.18. The molecule has 0 N–H and O–H groups in total. The van der Waals surface area contributed by atoms with Gasteiger partial charge in [0.1, 0.15) is 0 Å². The first-order valence-electron chi connectivity index (χ1n) is 12.5. The second kappa shape index (κ2) is 11.3. The van der Waals surface area contributed by atoms with Gasteiger partial charge in [0.15, 0.2) is 0 Å². The van der Waals surface area contributed by atoms with Crippen LogP contribution in [-0.4, -0.2) is 6.21 Å². The van der Waals surface area contributed by atoms with Crippen molar-refractivity contribution in [1.82, 2.24) is 0 Å². The highest BCUT2D eigenvalue weighted by atomic mass is 32.1. The molecule has 0 saturated carbocycles. The van der Waals surface area contributed by atoms with Gasteiger partial charge in [-0.2, -0.15) is 5.10 Å². The maximum atomic E-state index is 4.88. The number of hydrogen-bond acceptors (Lipinski definition) is 4. The monoisotopic (exact) mass is 501 g/mol. The van der Waals surface area contributed by atoms with Crippen LogP contribution in [0.1, 0.15) is 26.4 Å². The van der Waals surface area contributed by atoms with Gasteiger partial charge in [-0.05, 0) is 87.0 Å². The van der Waals surface area contributed by atoms with Crippen LogP contribution in [0.25, 0.3) is 0 Å². The average molecular weight is 502 g/mol. The summed E-state index contributed by atoms with van der Waals surface area (Å²) in [5.74, 6) is 0. The molecular weight excluding hydrogens is 470 g/mol. The standard InChI is InChI=1S/C33H31N3S/c1-25-9-16-30(17-10-25)36(31-18-11-26(2)12-19-31)32-20-14-28(15-21-32)23-34-35(29-7-5-4-6-8-29)24-33-22-13-27(3)37-33/h4-23H,24H2,1-3H3. The number of rotatable bonds is 8. The van der Waals surface area contributed by atoms with E-state index in [0.29, 0.717) is 0 Å². The van der Waals surface area contributed by atoms with E-state index in [1.54, 1.807) is 0 Å². The van der Waals surface area contributed by atoms with Crippen molar-refractivity contribution in [1.29, 1.82) is 0 Å². The molecule has 0 saturated heterocycles. The number of hydrazone groups is 1. The van der Waals surface area contributed by atoms with Gasteiger partial charge in [0.05, 0.1) is 18.4 Å². The molecule has 0 bridgehead atoms. The lowest BCUT2D eigenvalue weighted by atomic mass is 10.1. The highest BCUT2D eigenvalue weighted by Crippen LogP contribution is 2.34. The molecule has 37 heavy (non-hydrogen) atoms. The van der Waals surface area contributed by atoms with Gasteiger partial charge >= 0.3 is 0 Å². The van der Waals surface area contributed by atoms with Crippen molar-refractivity contribution >= 4 is 40.3 Å². The van der Waals surface area contributed by atoms with Crippen LogP contribution in [0.5, 0.6) is 0 Å². The van der Waals surface area contributed by atoms with Crippen molar-refractivity contribution in [2.45, 2.75) is 27.3 Å². The molecule has 0 unspecified atom stereocenters. The van der Waals surface area contributed by atoms with E-state index >= 15 is 0 Å². The van der Waals surface area contributed by atoms with Gasteiger partial charge in [0.25, 0.3) is 0 Å². The molecule has 0 amide bonds. The molecule has 3 nitrogen and oxygen atoms in total. The van der Waals surface area contributed by atoms with Crippen LogP contribution in [0, 0.1) is 20.8 Å². The van der Waals surface area contributed by atoms with Gasteiger partial charge in [0.2, 0.25) is 0 Å². The van der Waals surface area contributed by atoms with Gasteiger partial charge < -0.3 is 4.90 Å². The van der Waals surface area contributed by atoms with Crippen molar-refractivity contribution < 1.29 is 0 Å². The third-order valence-corrected chi connectivity index (χ3v) is 7.22. The van der Waals surface area contributed by atoms with Crippen LogP contribution >= 0.6 is 11.3 Å². The zero-order chi connectivity index (χ0) is 25.6. The van der Waals surface area contributed by atoms with E-state index in [1.165, 1.54) is 20.9 Å². The minimum absolute atomic E-state index is 0.742. The van der Waals surface area contributed by atoms with Gasteiger partial charge in [-0.3, -0.25) is 5.01 Å². The Hall–Kier alpha value is -4.15. The molecule has 1 heterocycles. The Kier molecular flexibility index (Phi) is 7.48. The van der Waals surface area contributed by atoms with Gasteiger partial charge in [0, 0.05) is 26.8 Å². The molecule has 0 aliphatic carbocycles. The minimum Gasteiger partial charge on any atom is -0.311 e. The summed E-state index contributed by atoms with van der Waals surface area (Å²) < 4.78 is 0. The summed E-state index contributed by atoms with van der Waals surface area (Å²) in [4.78, 5) is 4.89. The number of nitrogens with zero attached hydrogens (tertiary/aromatic N) is 3. The van der Waals surface area contributed by atoms with Crippen molar-refractivity contribution in [3.8, 4) is 0 Å². The van der Waals surface area contributed by atoms with Crippen molar-refractivity contribution in [2.24, 2.45) is 5.10 Å². The van der Waals surface area contributed by atoms with E-state index in [9.17, 15) is 0 Å². The fourth-order valence-corrected chi connectivity index (χ4v) is 5.07. The maximum absolute atomic E-state index is 4.88. The predicted molar refractivity (Wildman–Crippen MR) is 160 cm³/mol. The lowest BCUT2D eigenvalue weighted by Gasteiger charge is -2.26. The average Bonchev–Trinajstić information content (AvgIpc) is 3.34. The van der Waals surface area contributed by atoms with Crippen LogP contribution in [0.2, 0.25) is 0 Å². The molecule has 5 rings (SSSR count). The molecule has 1 aromatic heterocycles. The quantitative estimate of drug-likeness (QED) is 0.156. The number of anilines is 4. The highest BCUT2D eigenvalue weighted by molar-refractivity contribution is 7.11. The van der Waals surface area contributed by atoms with E-state index in [0.717, 1.165) is 34.9 Å². The molecule has 184 valence electrons. The SMILES string of the molecule is Cc1ccc(N(c2ccc(C)cc2)c2ccc(C=NN(Cc3ccc(C)s3)c3ccccc3)cc2)cc1. The van der Waals surface area contributed by atoms with Crippen molar-refractivity contribution in [3.05, 3.63) is 142 Å². The van der Waals surface area contributed by atoms with Crippen molar-refractivity contribution in [3.63, 3.8) is 0 Å². The van der Waals surface area contributed by atoms with Crippen LogP contribution < -0.4 is 9.91 Å². The van der Waals surface area contributed by atoms with Crippen LogP contribution in [-0.2, 0) is 6.54 Å². The zero-order valence-corrected chi connectivity index (χ0v) is 22.3. The van der Waals surface area contributed by atoms with Gasteiger partial charge in [-0.15, -0.1) is 11.3 Å². The minimum atomic E-state index is 0.742. The van der Waals surface area contributed by atoms with E-state index < -0.39 is 0 Å². The molecular formula is C33H31N3S. The Balaban J connectivity index is 1.42. The molecule has 0 aliphatic heterocycles. The number of benzene rings is 4. The van der Waals surface area contributed by atoms with Crippen LogP contribution in [0.15, 0.2) is 120 Å². The Labute approximate surface area is 224 Å². The normalized spacial score (nSPS) is 11.1. The summed E-state index contributed by atoms with van der Waals surface area (Å²) in [6, 6.07) is 40.6. The smallest absolute Gasteiger partial charge is 0.0759 e. The molecule has 4 aromatic carbocycles. The van der Waals surface area contributed by atoms with E-state index in [-0.39, 0.29) is 0 Å². The van der Waals surface area contributed by atoms with E-state index in [2.05, 4.69) is 140 Å². The summed E-state index contributed by atoms with van der Waals surface area (Å²) in [5.41, 5.74) is 8.01. The lowest BCUT2D eigenvalue weighted by Crippen LogP contribution is -2.15. The summed E-state index contributed by atoms with van der Waals surface area (Å²) in [5, 5.41) is 6.94. The Morgan fingerprint density at radius 3 is 1.65 bits per heavy atom. The number of para-hydroxylation sites is 1. The number of hydrogen-bond donors (Lipinski definition) is 0. The van der Waals surface area contributed by atoms with Gasteiger partial charge in [-0.1, -0.05) is 65.7 Å². The fraction of sp³-hybridized carbons (Fsp3) is 0.121. The topological polar surface area (TPSA) is 18.8 Å².